The molecule has 0 radical (unpaired) electrons. The molecule has 2 fully saturated rings. The summed E-state index contributed by atoms with van der Waals surface area (Å²) in [6.07, 6.45) is 6.24. The fraction of sp³-hybridized carbons (Fsp3) is 0.647. The van der Waals surface area contributed by atoms with Crippen molar-refractivity contribution in [3.8, 4) is 5.75 Å². The van der Waals surface area contributed by atoms with Crippen LogP contribution in [0.15, 0.2) is 12.1 Å². The zero-order valence-corrected chi connectivity index (χ0v) is 13.0. The summed E-state index contributed by atoms with van der Waals surface area (Å²) in [7, 11) is 0. The molecule has 1 aromatic carbocycles. The summed E-state index contributed by atoms with van der Waals surface area (Å²) < 4.78 is 6.04. The summed E-state index contributed by atoms with van der Waals surface area (Å²) in [5.41, 5.74) is 2.54. The molecule has 1 aliphatic heterocycles. The highest BCUT2D eigenvalue weighted by atomic mass is 35.5. The molecule has 1 saturated heterocycles. The summed E-state index contributed by atoms with van der Waals surface area (Å²) in [5.74, 6) is 2.47. The number of benzene rings is 1. The summed E-state index contributed by atoms with van der Waals surface area (Å²) in [6.45, 7) is 5.23. The Kier molecular flexibility index (Phi) is 4.52. The number of ether oxygens (including phenoxy) is 1. The van der Waals surface area contributed by atoms with Crippen molar-refractivity contribution in [3.05, 3.63) is 28.3 Å². The highest BCUT2D eigenvalue weighted by molar-refractivity contribution is 6.32. The number of halogens is 1. The molecule has 1 heterocycles. The van der Waals surface area contributed by atoms with E-state index in [1.165, 1.54) is 36.8 Å². The molecule has 0 amide bonds. The number of aryl methyl sites for hydroxylation is 1. The van der Waals surface area contributed by atoms with Crippen LogP contribution in [0.4, 0.5) is 0 Å². The van der Waals surface area contributed by atoms with Crippen LogP contribution in [-0.4, -0.2) is 19.7 Å². The smallest absolute Gasteiger partial charge is 0.141 e. The van der Waals surface area contributed by atoms with Crippen molar-refractivity contribution in [2.24, 2.45) is 11.8 Å². The number of hydrogen-bond acceptors (Lipinski definition) is 2. The molecule has 20 heavy (non-hydrogen) atoms. The van der Waals surface area contributed by atoms with E-state index < -0.39 is 0 Å². The highest BCUT2D eigenvalue weighted by Crippen LogP contribution is 2.36. The quantitative estimate of drug-likeness (QED) is 0.887. The predicted octanol–water partition coefficient (Wildman–Crippen LogP) is 3.98. The molecule has 0 spiro atoms. The molecular formula is C17H24ClNO. The van der Waals surface area contributed by atoms with E-state index in [0.29, 0.717) is 0 Å². The Morgan fingerprint density at radius 2 is 1.90 bits per heavy atom. The third-order valence-corrected chi connectivity index (χ3v) is 4.67. The number of rotatable bonds is 5. The maximum Gasteiger partial charge on any atom is 0.141 e. The molecule has 1 N–H and O–H groups in total. The summed E-state index contributed by atoms with van der Waals surface area (Å²) in [4.78, 5) is 0. The van der Waals surface area contributed by atoms with E-state index in [0.717, 1.165) is 48.7 Å². The lowest BCUT2D eigenvalue weighted by Crippen LogP contribution is -2.28. The van der Waals surface area contributed by atoms with Crippen LogP contribution in [0, 0.1) is 18.8 Å². The Morgan fingerprint density at radius 3 is 2.60 bits per heavy atom. The Morgan fingerprint density at radius 1 is 1.15 bits per heavy atom. The molecule has 2 aliphatic rings. The largest absolute Gasteiger partial charge is 0.491 e. The minimum Gasteiger partial charge on any atom is -0.491 e. The lowest BCUT2D eigenvalue weighted by molar-refractivity contribution is 0.292. The average Bonchev–Trinajstić information content (AvgIpc) is 3.23. The fourth-order valence-electron chi connectivity index (χ4n) is 3.00. The van der Waals surface area contributed by atoms with E-state index in [2.05, 4.69) is 18.3 Å². The van der Waals surface area contributed by atoms with Crippen molar-refractivity contribution in [3.63, 3.8) is 0 Å². The van der Waals surface area contributed by atoms with E-state index >= 15 is 0 Å². The molecule has 1 aromatic rings. The second kappa shape index (κ2) is 6.36. The van der Waals surface area contributed by atoms with Crippen LogP contribution in [0.3, 0.4) is 0 Å². The van der Waals surface area contributed by atoms with E-state index in [-0.39, 0.29) is 0 Å². The zero-order chi connectivity index (χ0) is 13.9. The second-order valence-electron chi connectivity index (χ2n) is 6.39. The lowest BCUT2D eigenvalue weighted by atomic mass is 9.90. The second-order valence-corrected chi connectivity index (χ2v) is 6.79. The lowest BCUT2D eigenvalue weighted by Gasteiger charge is -2.24. The van der Waals surface area contributed by atoms with Gasteiger partial charge in [0, 0.05) is 0 Å². The molecular weight excluding hydrogens is 270 g/mol. The van der Waals surface area contributed by atoms with Crippen molar-refractivity contribution in [2.45, 2.75) is 39.0 Å². The van der Waals surface area contributed by atoms with Gasteiger partial charge in [0.2, 0.25) is 0 Å². The van der Waals surface area contributed by atoms with Gasteiger partial charge >= 0.3 is 0 Å². The Labute approximate surface area is 126 Å². The molecule has 0 bridgehead atoms. The summed E-state index contributed by atoms with van der Waals surface area (Å²) in [5, 5.41) is 4.22. The van der Waals surface area contributed by atoms with Crippen molar-refractivity contribution < 1.29 is 4.74 Å². The van der Waals surface area contributed by atoms with Gasteiger partial charge in [0.05, 0.1) is 11.6 Å². The van der Waals surface area contributed by atoms with Crippen molar-refractivity contribution in [2.75, 3.05) is 19.7 Å². The number of nitrogens with one attached hydrogen (secondary N) is 1. The van der Waals surface area contributed by atoms with Gasteiger partial charge in [-0.15, -0.1) is 0 Å². The summed E-state index contributed by atoms with van der Waals surface area (Å²) in [6, 6.07) is 4.28. The summed E-state index contributed by atoms with van der Waals surface area (Å²) >= 11 is 6.42. The predicted molar refractivity (Wildman–Crippen MR) is 83.7 cm³/mol. The third kappa shape index (κ3) is 3.67. The normalized spacial score (nSPS) is 20.1. The fourth-order valence-corrected chi connectivity index (χ4v) is 3.34. The van der Waals surface area contributed by atoms with Crippen molar-refractivity contribution >= 4 is 11.6 Å². The monoisotopic (exact) mass is 293 g/mol. The van der Waals surface area contributed by atoms with Gasteiger partial charge in [0.15, 0.2) is 0 Å². The van der Waals surface area contributed by atoms with Crippen LogP contribution in [0.2, 0.25) is 5.02 Å². The Hall–Kier alpha value is -0.730. The van der Waals surface area contributed by atoms with Crippen LogP contribution in [0.5, 0.6) is 5.75 Å². The van der Waals surface area contributed by atoms with Gasteiger partial charge < -0.3 is 10.1 Å². The van der Waals surface area contributed by atoms with Crippen LogP contribution < -0.4 is 10.1 Å². The molecule has 0 aromatic heterocycles. The Bertz CT molecular complexity index is 464. The van der Waals surface area contributed by atoms with Crippen LogP contribution >= 0.6 is 11.6 Å². The van der Waals surface area contributed by atoms with E-state index in [1.807, 2.05) is 6.07 Å². The topological polar surface area (TPSA) is 21.3 Å². The Balaban J connectivity index is 1.74. The van der Waals surface area contributed by atoms with E-state index in [4.69, 9.17) is 16.3 Å². The molecule has 3 heteroatoms. The van der Waals surface area contributed by atoms with Crippen LogP contribution in [0.25, 0.3) is 0 Å². The van der Waals surface area contributed by atoms with E-state index in [9.17, 15) is 0 Å². The van der Waals surface area contributed by atoms with Gasteiger partial charge in [-0.05, 0) is 81.1 Å². The van der Waals surface area contributed by atoms with Gasteiger partial charge in [-0.2, -0.15) is 0 Å². The first-order valence-electron chi connectivity index (χ1n) is 7.85. The zero-order valence-electron chi connectivity index (χ0n) is 12.3. The minimum atomic E-state index is 0.761. The molecule has 3 rings (SSSR count). The van der Waals surface area contributed by atoms with Crippen LogP contribution in [-0.2, 0) is 6.42 Å². The molecule has 110 valence electrons. The maximum atomic E-state index is 6.42. The van der Waals surface area contributed by atoms with Gasteiger partial charge in [-0.1, -0.05) is 17.7 Å². The maximum absolute atomic E-state index is 6.42. The molecule has 1 aliphatic carbocycles. The molecule has 0 unspecified atom stereocenters. The SMILES string of the molecule is Cc1cc(Cl)c(OCC2CC2)c(CC2CCNCC2)c1. The number of hydrogen-bond donors (Lipinski definition) is 1. The molecule has 1 saturated carbocycles. The molecule has 2 nitrogen and oxygen atoms in total. The van der Waals surface area contributed by atoms with Gasteiger partial charge in [0.1, 0.15) is 5.75 Å². The molecule has 0 atom stereocenters. The van der Waals surface area contributed by atoms with Crippen molar-refractivity contribution in [1.29, 1.82) is 0 Å². The first kappa shape index (κ1) is 14.2. The minimum absolute atomic E-state index is 0.761. The standard InChI is InChI=1S/C17H24ClNO/c1-12-8-15(10-13-4-6-19-7-5-13)17(16(18)9-12)20-11-14-2-3-14/h8-9,13-14,19H,2-7,10-11H2,1H3. The van der Waals surface area contributed by atoms with Gasteiger partial charge in [-0.25, -0.2) is 0 Å². The first-order valence-corrected chi connectivity index (χ1v) is 8.22. The number of piperidine rings is 1. The highest BCUT2D eigenvalue weighted by Gasteiger charge is 2.24. The average molecular weight is 294 g/mol. The third-order valence-electron chi connectivity index (χ3n) is 4.39. The van der Waals surface area contributed by atoms with Crippen molar-refractivity contribution in [1.82, 2.24) is 5.32 Å². The van der Waals surface area contributed by atoms with Gasteiger partial charge in [-0.3, -0.25) is 0 Å². The van der Waals surface area contributed by atoms with Gasteiger partial charge in [0.25, 0.3) is 0 Å². The van der Waals surface area contributed by atoms with E-state index in [1.54, 1.807) is 0 Å². The first-order chi connectivity index (χ1) is 9.72. The van der Waals surface area contributed by atoms with Crippen LogP contribution in [0.1, 0.15) is 36.8 Å².